The van der Waals surface area contributed by atoms with Crippen molar-refractivity contribution in [1.82, 2.24) is 9.80 Å². The first-order valence-electron chi connectivity index (χ1n) is 21.5. The van der Waals surface area contributed by atoms with Gasteiger partial charge in [0, 0.05) is 60.0 Å². The molecule has 11 atom stereocenters. The molecule has 4 N–H and O–H groups in total. The average Bonchev–Trinajstić information content (AvgIpc) is 3.79. The van der Waals surface area contributed by atoms with Crippen LogP contribution in [0.2, 0.25) is 0 Å². The molecule has 2 saturated heterocycles. The molecule has 4 heterocycles. The van der Waals surface area contributed by atoms with Gasteiger partial charge in [-0.25, -0.2) is 0 Å². The number of hydrogen-bond acceptors (Lipinski definition) is 10. The van der Waals surface area contributed by atoms with Crippen LogP contribution in [0.15, 0.2) is 24.3 Å². The lowest BCUT2D eigenvalue weighted by Crippen LogP contribution is -2.83. The molecular formula is C46H60N2O8. The molecule has 302 valence electrons. The summed E-state index contributed by atoms with van der Waals surface area (Å²) < 4.78 is 19.4. The Bertz CT molecular complexity index is 2060. The van der Waals surface area contributed by atoms with E-state index in [1.165, 1.54) is 30.5 Å². The van der Waals surface area contributed by atoms with Gasteiger partial charge in [0.1, 0.15) is 11.7 Å². The van der Waals surface area contributed by atoms with Crippen LogP contribution in [0.25, 0.3) is 0 Å². The summed E-state index contributed by atoms with van der Waals surface area (Å²) in [5.74, 6) is 2.36. The number of benzene rings is 2. The number of piperidine rings is 2. The molecule has 10 nitrogen and oxygen atoms in total. The van der Waals surface area contributed by atoms with Gasteiger partial charge in [-0.2, -0.15) is 0 Å². The van der Waals surface area contributed by atoms with E-state index in [1.54, 1.807) is 6.07 Å². The van der Waals surface area contributed by atoms with Gasteiger partial charge in [0.2, 0.25) is 0 Å². The molecule has 0 unspecified atom stereocenters. The zero-order valence-electron chi connectivity index (χ0n) is 34.0. The second-order valence-electron chi connectivity index (χ2n) is 21.1. The molecule has 4 aliphatic heterocycles. The highest BCUT2D eigenvalue weighted by Crippen LogP contribution is 2.78. The van der Waals surface area contributed by atoms with Crippen molar-refractivity contribution in [2.24, 2.45) is 22.7 Å². The number of phenolic OH excluding ortho intramolecular Hbond substituents is 2. The highest BCUT2D eigenvalue weighted by Gasteiger charge is 2.82. The zero-order valence-corrected chi connectivity index (χ0v) is 34.0. The molecule has 11 aliphatic rings. The van der Waals surface area contributed by atoms with E-state index in [-0.39, 0.29) is 51.6 Å². The predicted octanol–water partition coefficient (Wildman–Crippen LogP) is 5.16. The number of phenols is 2. The molecular weight excluding hydrogens is 709 g/mol. The molecule has 0 amide bonds. The van der Waals surface area contributed by atoms with E-state index in [0.29, 0.717) is 36.8 Å². The number of ether oxygens (including phenoxy) is 3. The maximum absolute atomic E-state index is 12.5. The maximum atomic E-state index is 12.5. The minimum absolute atomic E-state index is 0.00319. The smallest absolute Gasteiger partial charge is 0.174 e. The largest absolute Gasteiger partial charge is 0.504 e. The number of likely N-dealkylation sites (tertiary alicyclic amines) is 2. The molecule has 3 spiro atoms. The third-order valence-electron chi connectivity index (χ3n) is 18.4. The maximum Gasteiger partial charge on any atom is 0.174 e. The molecule has 7 aliphatic carbocycles. The molecule has 56 heavy (non-hydrogen) atoms. The van der Waals surface area contributed by atoms with E-state index in [9.17, 15) is 25.2 Å². The summed E-state index contributed by atoms with van der Waals surface area (Å²) in [4.78, 5) is 17.6. The molecule has 0 aromatic heterocycles. The number of fused-ring (bicyclic) bond motifs is 2. The van der Waals surface area contributed by atoms with Crippen LogP contribution in [0.4, 0.5) is 0 Å². The highest BCUT2D eigenvalue weighted by atomic mass is 16.6. The Labute approximate surface area is 330 Å². The van der Waals surface area contributed by atoms with Crippen LogP contribution in [-0.2, 0) is 33.2 Å². The van der Waals surface area contributed by atoms with E-state index in [0.717, 1.165) is 68.7 Å². The molecule has 7 fully saturated rings. The minimum atomic E-state index is -0.954. The van der Waals surface area contributed by atoms with Crippen molar-refractivity contribution < 1.29 is 39.4 Å². The number of rotatable bonds is 4. The molecule has 2 aromatic carbocycles. The fourth-order valence-corrected chi connectivity index (χ4v) is 15.1. The summed E-state index contributed by atoms with van der Waals surface area (Å²) >= 11 is 0. The second kappa shape index (κ2) is 11.0. The van der Waals surface area contributed by atoms with Crippen LogP contribution in [0, 0.1) is 22.7 Å². The molecule has 6 bridgehead atoms. The first kappa shape index (κ1) is 36.2. The fourth-order valence-electron chi connectivity index (χ4n) is 15.1. The van der Waals surface area contributed by atoms with Crippen molar-refractivity contribution in [3.05, 3.63) is 46.5 Å². The van der Waals surface area contributed by atoms with Gasteiger partial charge in [-0.15, -0.1) is 0 Å². The summed E-state index contributed by atoms with van der Waals surface area (Å²) in [6, 6.07) is 8.03. The Morgan fingerprint density at radius 2 is 1.50 bits per heavy atom. The van der Waals surface area contributed by atoms with Crippen molar-refractivity contribution in [3.8, 4) is 23.0 Å². The third kappa shape index (κ3) is 3.96. The van der Waals surface area contributed by atoms with Gasteiger partial charge in [0.05, 0.1) is 16.6 Å². The number of hydrogen-bond donors (Lipinski definition) is 4. The Kier molecular flexibility index (Phi) is 7.13. The number of nitrogens with zero attached hydrogens (tertiary/aromatic N) is 2. The zero-order chi connectivity index (χ0) is 39.2. The van der Waals surface area contributed by atoms with Crippen molar-refractivity contribution in [1.29, 1.82) is 0 Å². The SMILES string of the molecule is CN1CC[C@]23c4c5ccc(O)c4O[C@H]2C(=O)CC[C@@]3(O)[C@H]1C5.CO[C@]12CC[C@@]3(C[C@@H]1[C@](C)(O)C(C)(C)C)[C@H]1Cc4ccc(O)c5c4[C@@]3(CCN1CC1CC1)[C@H]2O5. The highest BCUT2D eigenvalue weighted by molar-refractivity contribution is 5.90. The third-order valence-corrected chi connectivity index (χ3v) is 18.4. The monoisotopic (exact) mass is 768 g/mol. The van der Waals surface area contributed by atoms with E-state index >= 15 is 0 Å². The number of ketones is 1. The average molecular weight is 769 g/mol. The van der Waals surface area contributed by atoms with E-state index in [4.69, 9.17) is 14.2 Å². The van der Waals surface area contributed by atoms with E-state index in [1.807, 2.05) is 33.2 Å². The predicted molar refractivity (Wildman–Crippen MR) is 208 cm³/mol. The summed E-state index contributed by atoms with van der Waals surface area (Å²) in [6.45, 7) is 11.6. The number of Topliss-reactive ketones (excluding diaryl/α,β-unsaturated/α-hetero) is 1. The fraction of sp³-hybridized carbons (Fsp3) is 0.717. The van der Waals surface area contributed by atoms with E-state index < -0.39 is 28.3 Å². The van der Waals surface area contributed by atoms with Crippen molar-refractivity contribution in [3.63, 3.8) is 0 Å². The summed E-state index contributed by atoms with van der Waals surface area (Å²) in [5, 5.41) is 45.0. The minimum Gasteiger partial charge on any atom is -0.504 e. The molecule has 2 aromatic rings. The molecule has 13 rings (SSSR count). The van der Waals surface area contributed by atoms with Crippen LogP contribution in [0.5, 0.6) is 23.0 Å². The van der Waals surface area contributed by atoms with Crippen molar-refractivity contribution >= 4 is 5.78 Å². The van der Waals surface area contributed by atoms with Crippen LogP contribution in [0.1, 0.15) is 108 Å². The number of carbonyl (C=O) groups is 1. The molecule has 5 saturated carbocycles. The standard InChI is InChI=1S/C29H41NO4.C17H19NO4/c1-25(2,3)26(4,32)20-15-27-10-11-29(20,33-5)24-28(27)12-13-30(16-17-6-7-17)21(27)14-18-8-9-19(31)23(34-24)22(18)28;1-18-7-6-16-13-9-2-3-10(19)14(13)22-15(16)11(20)4-5-17(16,21)12(18)8-9/h8-9,17,20-21,24,31-32H,6-7,10-16H2,1-5H3;2-3,12,15,19,21H,4-8H2,1H3/t20-,21-,24-,26+,27-,28+,29-;12-,15+,16+,17-/m11/s1. The number of likely N-dealkylation sites (N-methyl/N-ethyl adjacent to an activating group) is 1. The van der Waals surface area contributed by atoms with Crippen molar-refractivity contribution in [2.45, 2.75) is 150 Å². The number of carbonyl (C=O) groups excluding carboxylic acids is 1. The lowest BCUT2D eigenvalue weighted by molar-refractivity contribution is -0.312. The summed E-state index contributed by atoms with van der Waals surface area (Å²) in [7, 11) is 3.87. The molecule has 10 heteroatoms. The van der Waals surface area contributed by atoms with Gasteiger partial charge in [0.25, 0.3) is 0 Å². The Morgan fingerprint density at radius 3 is 2.16 bits per heavy atom. The number of methoxy groups -OCH3 is 1. The van der Waals surface area contributed by atoms with Gasteiger partial charge >= 0.3 is 0 Å². The lowest BCUT2D eigenvalue weighted by Gasteiger charge is -2.75. The second-order valence-corrected chi connectivity index (χ2v) is 21.1. The van der Waals surface area contributed by atoms with Gasteiger partial charge in [-0.05, 0) is 126 Å². The first-order chi connectivity index (χ1) is 26.5. The Hall–Kier alpha value is -2.89. The van der Waals surface area contributed by atoms with Crippen LogP contribution >= 0.6 is 0 Å². The number of aliphatic hydroxyl groups is 2. The van der Waals surface area contributed by atoms with Crippen molar-refractivity contribution in [2.75, 3.05) is 33.8 Å². The van der Waals surface area contributed by atoms with Crippen LogP contribution in [0.3, 0.4) is 0 Å². The van der Waals surface area contributed by atoms with Gasteiger partial charge < -0.3 is 39.5 Å². The topological polar surface area (TPSA) is 132 Å². The van der Waals surface area contributed by atoms with E-state index in [2.05, 4.69) is 36.6 Å². The molecule has 0 radical (unpaired) electrons. The number of aromatic hydroxyl groups is 2. The van der Waals surface area contributed by atoms with Gasteiger partial charge in [0.15, 0.2) is 34.9 Å². The van der Waals surface area contributed by atoms with Gasteiger partial charge in [-0.3, -0.25) is 9.69 Å². The van der Waals surface area contributed by atoms with Crippen LogP contribution < -0.4 is 9.47 Å². The van der Waals surface area contributed by atoms with Gasteiger partial charge in [-0.1, -0.05) is 32.9 Å². The first-order valence-corrected chi connectivity index (χ1v) is 21.5. The summed E-state index contributed by atoms with van der Waals surface area (Å²) in [5.41, 5.74) is 1.15. The lowest BCUT2D eigenvalue weighted by atomic mass is 9.33. The Balaban J connectivity index is 0.000000142. The normalized spacial score (nSPS) is 43.1. The quantitative estimate of drug-likeness (QED) is 0.331. The van der Waals surface area contributed by atoms with Crippen LogP contribution in [-0.4, -0.2) is 111 Å². The summed E-state index contributed by atoms with van der Waals surface area (Å²) in [6.07, 6.45) is 9.24. The Morgan fingerprint density at radius 1 is 0.857 bits per heavy atom.